The molecule has 0 aliphatic carbocycles. The van der Waals surface area contributed by atoms with E-state index in [0.717, 1.165) is 38.5 Å². The van der Waals surface area contributed by atoms with Crippen LogP contribution in [0.1, 0.15) is 65.7 Å². The Kier molecular flexibility index (Phi) is 9.84. The van der Waals surface area contributed by atoms with Crippen LogP contribution in [0, 0.1) is 0 Å². The lowest BCUT2D eigenvalue weighted by atomic mass is 10.2. The molecule has 0 amide bonds. The Morgan fingerprint density at radius 2 is 1.24 bits per heavy atom. The minimum absolute atomic E-state index is 0.297. The molecule has 0 aliphatic rings. The van der Waals surface area contributed by atoms with Gasteiger partial charge in [0.05, 0.1) is 5.75 Å². The number of rotatable bonds is 11. The Morgan fingerprint density at radius 1 is 0.765 bits per heavy atom. The van der Waals surface area contributed by atoms with Gasteiger partial charge in [0.2, 0.25) is 10.0 Å². The lowest BCUT2D eigenvalue weighted by Crippen LogP contribution is -2.34. The molecule has 0 radical (unpaired) electrons. The summed E-state index contributed by atoms with van der Waals surface area (Å²) >= 11 is 0. The zero-order chi connectivity index (χ0) is 13.1. The SMILES string of the molecule is CCCCCN(CCCCC)S(=O)(=O)CCC. The Morgan fingerprint density at radius 3 is 1.59 bits per heavy atom. The largest absolute Gasteiger partial charge is 0.214 e. The number of hydrogen-bond donors (Lipinski definition) is 0. The van der Waals surface area contributed by atoms with E-state index in [2.05, 4.69) is 13.8 Å². The lowest BCUT2D eigenvalue weighted by molar-refractivity contribution is 0.388. The Hall–Kier alpha value is -0.0900. The van der Waals surface area contributed by atoms with Crippen molar-refractivity contribution in [3.05, 3.63) is 0 Å². The van der Waals surface area contributed by atoms with E-state index in [1.807, 2.05) is 6.92 Å². The van der Waals surface area contributed by atoms with Crippen molar-refractivity contribution in [1.82, 2.24) is 4.31 Å². The third kappa shape index (κ3) is 7.77. The van der Waals surface area contributed by atoms with E-state index in [-0.39, 0.29) is 0 Å². The molecule has 0 atom stereocenters. The molecule has 3 nitrogen and oxygen atoms in total. The second-order valence-corrected chi connectivity index (χ2v) is 6.72. The van der Waals surface area contributed by atoms with Gasteiger partial charge in [0.25, 0.3) is 0 Å². The van der Waals surface area contributed by atoms with Crippen LogP contribution in [0.3, 0.4) is 0 Å². The molecule has 0 aromatic heterocycles. The highest BCUT2D eigenvalue weighted by Gasteiger charge is 2.19. The van der Waals surface area contributed by atoms with Crippen LogP contribution in [-0.2, 0) is 10.0 Å². The normalized spacial score (nSPS) is 12.2. The van der Waals surface area contributed by atoms with Gasteiger partial charge in [0.15, 0.2) is 0 Å². The fourth-order valence-corrected chi connectivity index (χ4v) is 3.44. The summed E-state index contributed by atoms with van der Waals surface area (Å²) in [6.07, 6.45) is 7.20. The standard InChI is InChI=1S/C13H29NO2S/c1-4-7-9-11-14(12-10-8-5-2)17(15,16)13-6-3/h4-13H2,1-3H3. The van der Waals surface area contributed by atoms with Crippen LogP contribution in [0.5, 0.6) is 0 Å². The summed E-state index contributed by atoms with van der Waals surface area (Å²) in [5.74, 6) is 0.297. The van der Waals surface area contributed by atoms with E-state index >= 15 is 0 Å². The van der Waals surface area contributed by atoms with E-state index in [9.17, 15) is 8.42 Å². The van der Waals surface area contributed by atoms with Crippen molar-refractivity contribution in [2.24, 2.45) is 0 Å². The second kappa shape index (κ2) is 9.89. The molecular formula is C13H29NO2S. The Labute approximate surface area is 108 Å². The zero-order valence-electron chi connectivity index (χ0n) is 11.7. The molecule has 0 aromatic rings. The average Bonchev–Trinajstić information content (AvgIpc) is 2.27. The number of hydrogen-bond acceptors (Lipinski definition) is 2. The maximum atomic E-state index is 12.0. The Bertz CT molecular complexity index is 253. The minimum atomic E-state index is -3.00. The van der Waals surface area contributed by atoms with Gasteiger partial charge in [0, 0.05) is 13.1 Å². The van der Waals surface area contributed by atoms with Gasteiger partial charge in [-0.05, 0) is 19.3 Å². The molecule has 0 saturated heterocycles. The van der Waals surface area contributed by atoms with Gasteiger partial charge in [-0.25, -0.2) is 12.7 Å². The van der Waals surface area contributed by atoms with Crippen LogP contribution in [0.25, 0.3) is 0 Å². The van der Waals surface area contributed by atoms with Crippen LogP contribution in [0.4, 0.5) is 0 Å². The van der Waals surface area contributed by atoms with Gasteiger partial charge in [-0.2, -0.15) is 0 Å². The molecule has 104 valence electrons. The predicted molar refractivity (Wildman–Crippen MR) is 74.7 cm³/mol. The molecule has 0 unspecified atom stereocenters. The second-order valence-electron chi connectivity index (χ2n) is 4.63. The van der Waals surface area contributed by atoms with Crippen molar-refractivity contribution in [3.8, 4) is 0 Å². The van der Waals surface area contributed by atoms with E-state index in [1.165, 1.54) is 0 Å². The fourth-order valence-electron chi connectivity index (χ4n) is 1.85. The fraction of sp³-hybridized carbons (Fsp3) is 1.00. The quantitative estimate of drug-likeness (QED) is 0.536. The maximum Gasteiger partial charge on any atom is 0.214 e. The zero-order valence-corrected chi connectivity index (χ0v) is 12.6. The monoisotopic (exact) mass is 263 g/mol. The highest BCUT2D eigenvalue weighted by Crippen LogP contribution is 2.09. The van der Waals surface area contributed by atoms with Crippen molar-refractivity contribution in [3.63, 3.8) is 0 Å². The summed E-state index contributed by atoms with van der Waals surface area (Å²) < 4.78 is 25.8. The highest BCUT2D eigenvalue weighted by molar-refractivity contribution is 7.89. The van der Waals surface area contributed by atoms with Gasteiger partial charge in [0.1, 0.15) is 0 Å². The van der Waals surface area contributed by atoms with Gasteiger partial charge in [-0.15, -0.1) is 0 Å². The third-order valence-electron chi connectivity index (χ3n) is 2.88. The van der Waals surface area contributed by atoms with Crippen molar-refractivity contribution in [1.29, 1.82) is 0 Å². The molecule has 0 bridgehead atoms. The van der Waals surface area contributed by atoms with E-state index in [1.54, 1.807) is 4.31 Å². The topological polar surface area (TPSA) is 37.4 Å². The molecule has 0 rings (SSSR count). The van der Waals surface area contributed by atoms with E-state index in [4.69, 9.17) is 0 Å². The van der Waals surface area contributed by atoms with Crippen molar-refractivity contribution in [2.45, 2.75) is 65.7 Å². The van der Waals surface area contributed by atoms with E-state index < -0.39 is 10.0 Å². The summed E-state index contributed by atoms with van der Waals surface area (Å²) in [6, 6.07) is 0. The first-order valence-electron chi connectivity index (χ1n) is 7.06. The molecule has 0 aliphatic heterocycles. The van der Waals surface area contributed by atoms with Crippen molar-refractivity contribution >= 4 is 10.0 Å². The first-order valence-corrected chi connectivity index (χ1v) is 8.67. The van der Waals surface area contributed by atoms with Gasteiger partial charge < -0.3 is 0 Å². The molecule has 4 heteroatoms. The Balaban J connectivity index is 4.27. The highest BCUT2D eigenvalue weighted by atomic mass is 32.2. The summed E-state index contributed by atoms with van der Waals surface area (Å²) in [7, 11) is -3.00. The molecule has 17 heavy (non-hydrogen) atoms. The summed E-state index contributed by atoms with van der Waals surface area (Å²) in [5.41, 5.74) is 0. The number of nitrogens with zero attached hydrogens (tertiary/aromatic N) is 1. The predicted octanol–water partition coefficient (Wildman–Crippen LogP) is 3.41. The van der Waals surface area contributed by atoms with Crippen LogP contribution in [0.15, 0.2) is 0 Å². The van der Waals surface area contributed by atoms with Crippen LogP contribution in [-0.4, -0.2) is 31.6 Å². The van der Waals surface area contributed by atoms with Crippen molar-refractivity contribution in [2.75, 3.05) is 18.8 Å². The molecule has 0 heterocycles. The van der Waals surface area contributed by atoms with Gasteiger partial charge in [-0.3, -0.25) is 0 Å². The van der Waals surface area contributed by atoms with Gasteiger partial charge >= 0.3 is 0 Å². The van der Waals surface area contributed by atoms with Crippen molar-refractivity contribution < 1.29 is 8.42 Å². The average molecular weight is 263 g/mol. The summed E-state index contributed by atoms with van der Waals surface area (Å²) in [4.78, 5) is 0. The molecule has 0 saturated carbocycles. The smallest absolute Gasteiger partial charge is 0.212 e. The molecule has 0 spiro atoms. The maximum absolute atomic E-state index is 12.0. The van der Waals surface area contributed by atoms with Crippen LogP contribution >= 0.6 is 0 Å². The molecular weight excluding hydrogens is 234 g/mol. The van der Waals surface area contributed by atoms with Crippen LogP contribution < -0.4 is 0 Å². The number of sulfonamides is 1. The summed E-state index contributed by atoms with van der Waals surface area (Å²) in [5, 5.41) is 0. The molecule has 0 aromatic carbocycles. The third-order valence-corrected chi connectivity index (χ3v) is 4.95. The van der Waals surface area contributed by atoms with Crippen LogP contribution in [0.2, 0.25) is 0 Å². The first-order chi connectivity index (χ1) is 8.08. The molecule has 0 N–H and O–H groups in total. The lowest BCUT2D eigenvalue weighted by Gasteiger charge is -2.21. The summed E-state index contributed by atoms with van der Waals surface area (Å²) in [6.45, 7) is 7.62. The minimum Gasteiger partial charge on any atom is -0.212 e. The number of unbranched alkanes of at least 4 members (excludes halogenated alkanes) is 4. The first kappa shape index (κ1) is 16.9. The van der Waals surface area contributed by atoms with Gasteiger partial charge in [-0.1, -0.05) is 46.5 Å². The molecule has 0 fully saturated rings. The van der Waals surface area contributed by atoms with E-state index in [0.29, 0.717) is 25.3 Å².